The van der Waals surface area contributed by atoms with Crippen molar-refractivity contribution in [2.24, 2.45) is 5.41 Å². The molecule has 1 aromatic carbocycles. The number of piperidine rings is 1. The van der Waals surface area contributed by atoms with Crippen molar-refractivity contribution >= 4 is 5.91 Å². The first-order chi connectivity index (χ1) is 12.8. The van der Waals surface area contributed by atoms with E-state index < -0.39 is 0 Å². The number of hydrogen-bond donors (Lipinski definition) is 1. The number of carbonyl (C=O) groups is 1. The van der Waals surface area contributed by atoms with E-state index in [0.717, 1.165) is 45.5 Å². The Kier molecular flexibility index (Phi) is 5.09. The minimum atomic E-state index is 0.00121. The fraction of sp³-hybridized carbons (Fsp3) is 0.476. The van der Waals surface area contributed by atoms with Crippen LogP contribution < -0.4 is 5.32 Å². The van der Waals surface area contributed by atoms with E-state index in [9.17, 15) is 4.79 Å². The van der Waals surface area contributed by atoms with Crippen molar-refractivity contribution in [1.82, 2.24) is 10.2 Å². The lowest BCUT2D eigenvalue weighted by atomic mass is 9.69. The Morgan fingerprint density at radius 2 is 1.96 bits per heavy atom. The van der Waals surface area contributed by atoms with Crippen LogP contribution in [0, 0.1) is 5.41 Å². The molecule has 5 heteroatoms. The standard InChI is InChI=1S/C21H26N2O3/c24-20(18-4-2-1-3-5-18)22-19-16-26-13-9-21(19)7-10-23(11-8-21)14-17-6-12-25-15-17/h1-6,12,15,19H,7-11,13-14,16H2,(H,22,24)/t19-/m1/s1. The Bertz CT molecular complexity index is 706. The highest BCUT2D eigenvalue weighted by molar-refractivity contribution is 5.94. The van der Waals surface area contributed by atoms with Gasteiger partial charge in [0.1, 0.15) is 0 Å². The van der Waals surface area contributed by atoms with Gasteiger partial charge in [-0.1, -0.05) is 18.2 Å². The van der Waals surface area contributed by atoms with Gasteiger partial charge in [-0.2, -0.15) is 0 Å². The molecule has 2 aliphatic rings. The maximum atomic E-state index is 12.6. The first-order valence-electron chi connectivity index (χ1n) is 9.42. The third-order valence-corrected chi connectivity index (χ3v) is 5.95. The van der Waals surface area contributed by atoms with Gasteiger partial charge in [0.2, 0.25) is 0 Å². The first kappa shape index (κ1) is 17.3. The zero-order valence-electron chi connectivity index (χ0n) is 15.0. The van der Waals surface area contributed by atoms with Gasteiger partial charge < -0.3 is 14.5 Å². The van der Waals surface area contributed by atoms with E-state index in [1.807, 2.05) is 42.7 Å². The number of benzene rings is 1. The van der Waals surface area contributed by atoms with Crippen LogP contribution in [0.2, 0.25) is 0 Å². The summed E-state index contributed by atoms with van der Waals surface area (Å²) in [6.45, 7) is 4.43. The highest BCUT2D eigenvalue weighted by Gasteiger charge is 2.44. The summed E-state index contributed by atoms with van der Waals surface area (Å²) in [5.74, 6) is 0.00121. The van der Waals surface area contributed by atoms with Crippen LogP contribution in [0.15, 0.2) is 53.3 Å². The first-order valence-corrected chi connectivity index (χ1v) is 9.42. The number of likely N-dealkylation sites (tertiary alicyclic amines) is 1. The van der Waals surface area contributed by atoms with Gasteiger partial charge in [0.25, 0.3) is 5.91 Å². The Balaban J connectivity index is 1.40. The summed E-state index contributed by atoms with van der Waals surface area (Å²) in [7, 11) is 0. The fourth-order valence-electron chi connectivity index (χ4n) is 4.25. The number of nitrogens with zero attached hydrogens (tertiary/aromatic N) is 1. The van der Waals surface area contributed by atoms with Crippen molar-refractivity contribution in [3.05, 3.63) is 60.1 Å². The number of ether oxygens (including phenoxy) is 1. The molecule has 1 atom stereocenters. The maximum Gasteiger partial charge on any atom is 0.251 e. The zero-order valence-corrected chi connectivity index (χ0v) is 15.0. The molecule has 2 saturated heterocycles. The molecule has 3 heterocycles. The Labute approximate surface area is 154 Å². The van der Waals surface area contributed by atoms with Crippen molar-refractivity contribution in [3.63, 3.8) is 0 Å². The van der Waals surface area contributed by atoms with Crippen LogP contribution in [0.1, 0.15) is 35.2 Å². The van der Waals surface area contributed by atoms with Crippen LogP contribution in [0.25, 0.3) is 0 Å². The third-order valence-electron chi connectivity index (χ3n) is 5.95. The van der Waals surface area contributed by atoms with E-state index in [4.69, 9.17) is 9.15 Å². The number of nitrogens with one attached hydrogen (secondary N) is 1. The van der Waals surface area contributed by atoms with Gasteiger partial charge in [-0.25, -0.2) is 0 Å². The van der Waals surface area contributed by atoms with Crippen LogP contribution in [0.5, 0.6) is 0 Å². The minimum Gasteiger partial charge on any atom is -0.472 e. The number of rotatable bonds is 4. The maximum absolute atomic E-state index is 12.6. The number of furan rings is 1. The summed E-state index contributed by atoms with van der Waals surface area (Å²) >= 11 is 0. The van der Waals surface area contributed by atoms with Crippen molar-refractivity contribution in [2.45, 2.75) is 31.8 Å². The summed E-state index contributed by atoms with van der Waals surface area (Å²) in [6.07, 6.45) is 6.75. The Morgan fingerprint density at radius 1 is 1.15 bits per heavy atom. The smallest absolute Gasteiger partial charge is 0.251 e. The van der Waals surface area contributed by atoms with Crippen LogP contribution >= 0.6 is 0 Å². The zero-order chi connectivity index (χ0) is 17.8. The molecule has 0 radical (unpaired) electrons. The summed E-state index contributed by atoms with van der Waals surface area (Å²) in [4.78, 5) is 15.1. The highest BCUT2D eigenvalue weighted by atomic mass is 16.5. The summed E-state index contributed by atoms with van der Waals surface area (Å²) in [6, 6.07) is 11.6. The van der Waals surface area contributed by atoms with E-state index >= 15 is 0 Å². The molecule has 0 aliphatic carbocycles. The van der Waals surface area contributed by atoms with Crippen molar-refractivity contribution in [3.8, 4) is 0 Å². The van der Waals surface area contributed by atoms with Crippen LogP contribution in [-0.2, 0) is 11.3 Å². The Hall–Kier alpha value is -2.11. The molecule has 2 aromatic rings. The monoisotopic (exact) mass is 354 g/mol. The summed E-state index contributed by atoms with van der Waals surface area (Å²) < 4.78 is 10.9. The van der Waals surface area contributed by atoms with Gasteiger partial charge in [0.05, 0.1) is 25.2 Å². The van der Waals surface area contributed by atoms with Crippen LogP contribution in [-0.4, -0.2) is 43.2 Å². The lowest BCUT2D eigenvalue weighted by Crippen LogP contribution is -2.57. The lowest BCUT2D eigenvalue weighted by Gasteiger charge is -2.49. The van der Waals surface area contributed by atoms with Gasteiger partial charge in [-0.15, -0.1) is 0 Å². The normalized spacial score (nSPS) is 23.0. The molecule has 0 saturated carbocycles. The van der Waals surface area contributed by atoms with E-state index in [1.165, 1.54) is 5.56 Å². The van der Waals surface area contributed by atoms with E-state index in [2.05, 4.69) is 10.2 Å². The van der Waals surface area contributed by atoms with Crippen LogP contribution in [0.3, 0.4) is 0 Å². The number of hydrogen-bond acceptors (Lipinski definition) is 4. The number of amides is 1. The molecule has 4 rings (SSSR count). The molecule has 0 unspecified atom stereocenters. The highest BCUT2D eigenvalue weighted by Crippen LogP contribution is 2.41. The molecule has 1 amide bonds. The molecule has 2 fully saturated rings. The second-order valence-electron chi connectivity index (χ2n) is 7.49. The van der Waals surface area contributed by atoms with E-state index in [0.29, 0.717) is 12.2 Å². The van der Waals surface area contributed by atoms with Gasteiger partial charge >= 0.3 is 0 Å². The quantitative estimate of drug-likeness (QED) is 0.917. The van der Waals surface area contributed by atoms with Crippen LogP contribution in [0.4, 0.5) is 0 Å². The molecule has 138 valence electrons. The largest absolute Gasteiger partial charge is 0.472 e. The van der Waals surface area contributed by atoms with E-state index in [-0.39, 0.29) is 17.4 Å². The van der Waals surface area contributed by atoms with E-state index in [1.54, 1.807) is 6.26 Å². The molecule has 26 heavy (non-hydrogen) atoms. The van der Waals surface area contributed by atoms with Crippen molar-refractivity contribution in [1.29, 1.82) is 0 Å². The molecule has 2 aliphatic heterocycles. The fourth-order valence-corrected chi connectivity index (χ4v) is 4.25. The lowest BCUT2D eigenvalue weighted by molar-refractivity contribution is -0.0490. The summed E-state index contributed by atoms with van der Waals surface area (Å²) in [5.41, 5.74) is 2.09. The predicted octanol–water partition coefficient (Wildman–Crippen LogP) is 3.08. The Morgan fingerprint density at radius 3 is 2.69 bits per heavy atom. The third kappa shape index (κ3) is 3.69. The summed E-state index contributed by atoms with van der Waals surface area (Å²) in [5, 5.41) is 3.26. The molecule has 5 nitrogen and oxygen atoms in total. The van der Waals surface area contributed by atoms with Gasteiger partial charge in [-0.3, -0.25) is 9.69 Å². The van der Waals surface area contributed by atoms with Gasteiger partial charge in [-0.05, 0) is 56.0 Å². The SMILES string of the molecule is O=C(N[C@@H]1COCCC12CCN(Cc1ccoc1)CC2)c1ccccc1. The average Bonchev–Trinajstić information content (AvgIpc) is 3.19. The van der Waals surface area contributed by atoms with Crippen molar-refractivity contribution in [2.75, 3.05) is 26.3 Å². The molecule has 1 spiro atoms. The second kappa shape index (κ2) is 7.64. The molecular formula is C21H26N2O3. The van der Waals surface area contributed by atoms with Gasteiger partial charge in [0.15, 0.2) is 0 Å². The number of carbonyl (C=O) groups excluding carboxylic acids is 1. The van der Waals surface area contributed by atoms with Crippen molar-refractivity contribution < 1.29 is 13.9 Å². The topological polar surface area (TPSA) is 54.7 Å². The predicted molar refractivity (Wildman–Crippen MR) is 98.8 cm³/mol. The molecule has 0 bridgehead atoms. The second-order valence-corrected chi connectivity index (χ2v) is 7.49. The molecule has 1 aromatic heterocycles. The minimum absolute atomic E-state index is 0.00121. The molecular weight excluding hydrogens is 328 g/mol. The molecule has 1 N–H and O–H groups in total. The average molecular weight is 354 g/mol. The van der Waals surface area contributed by atoms with Gasteiger partial charge in [0, 0.05) is 24.3 Å².